The fourth-order valence-electron chi connectivity index (χ4n) is 1.22. The minimum Gasteiger partial charge on any atom is -0.461 e. The van der Waals surface area contributed by atoms with Crippen molar-refractivity contribution in [2.75, 3.05) is 6.61 Å². The molecule has 0 radical (unpaired) electrons. The molecule has 0 fully saturated rings. The molecule has 0 aliphatic carbocycles. The van der Waals surface area contributed by atoms with Crippen molar-refractivity contribution in [3.05, 3.63) is 27.5 Å². The molecular formula is C10H10BrF2NO2. The Morgan fingerprint density at radius 1 is 1.62 bits per heavy atom. The lowest BCUT2D eigenvalue weighted by Gasteiger charge is -2.09. The van der Waals surface area contributed by atoms with E-state index in [2.05, 4.69) is 20.9 Å². The summed E-state index contributed by atoms with van der Waals surface area (Å²) in [6, 6.07) is 1.20. The molecule has 3 nitrogen and oxygen atoms in total. The Bertz CT molecular complexity index is 410. The van der Waals surface area contributed by atoms with E-state index in [0.717, 1.165) is 0 Å². The summed E-state index contributed by atoms with van der Waals surface area (Å²) in [4.78, 5) is 15.3. The first-order valence-electron chi connectivity index (χ1n) is 4.59. The molecule has 0 atom stereocenters. The van der Waals surface area contributed by atoms with Gasteiger partial charge < -0.3 is 4.74 Å². The predicted molar refractivity (Wildman–Crippen MR) is 57.6 cm³/mol. The fourth-order valence-corrected chi connectivity index (χ4v) is 1.65. The standard InChI is InChI=1S/C10H10BrF2NO2/c1-3-16-10(15)8-5(2)6(9(12)13)4-7(11)14-8/h4,9H,3H2,1-2H3. The van der Waals surface area contributed by atoms with Gasteiger partial charge >= 0.3 is 5.97 Å². The Morgan fingerprint density at radius 3 is 2.75 bits per heavy atom. The molecule has 1 aromatic heterocycles. The molecule has 0 bridgehead atoms. The summed E-state index contributed by atoms with van der Waals surface area (Å²) in [5.74, 6) is -0.691. The van der Waals surface area contributed by atoms with E-state index in [0.29, 0.717) is 0 Å². The first-order chi connectivity index (χ1) is 7.47. The minimum absolute atomic E-state index is 0.0773. The van der Waals surface area contributed by atoms with Crippen molar-refractivity contribution in [3.8, 4) is 0 Å². The molecule has 1 rings (SSSR count). The molecule has 0 N–H and O–H groups in total. The van der Waals surface area contributed by atoms with Crippen LogP contribution >= 0.6 is 15.9 Å². The summed E-state index contributed by atoms with van der Waals surface area (Å²) >= 11 is 2.98. The number of carbonyl (C=O) groups excluding carboxylic acids is 1. The second-order valence-electron chi connectivity index (χ2n) is 3.03. The SMILES string of the molecule is CCOC(=O)c1nc(Br)cc(C(F)F)c1C. The monoisotopic (exact) mass is 293 g/mol. The van der Waals surface area contributed by atoms with Crippen LogP contribution in [0, 0.1) is 6.92 Å². The normalized spacial score (nSPS) is 10.6. The van der Waals surface area contributed by atoms with Gasteiger partial charge in [0.05, 0.1) is 6.61 Å². The maximum Gasteiger partial charge on any atom is 0.357 e. The third-order valence-electron chi connectivity index (χ3n) is 1.99. The molecule has 16 heavy (non-hydrogen) atoms. The van der Waals surface area contributed by atoms with Crippen LogP contribution in [0.15, 0.2) is 10.7 Å². The summed E-state index contributed by atoms with van der Waals surface area (Å²) in [6.45, 7) is 3.24. The predicted octanol–water partition coefficient (Wildman–Crippen LogP) is 3.27. The molecule has 0 saturated carbocycles. The van der Waals surface area contributed by atoms with E-state index < -0.39 is 12.4 Å². The molecule has 0 aromatic carbocycles. The number of ether oxygens (including phenoxy) is 1. The van der Waals surface area contributed by atoms with Crippen LogP contribution < -0.4 is 0 Å². The summed E-state index contributed by atoms with van der Waals surface area (Å²) in [6.07, 6.45) is -2.65. The second kappa shape index (κ2) is 5.34. The van der Waals surface area contributed by atoms with Gasteiger partial charge in [-0.15, -0.1) is 0 Å². The fraction of sp³-hybridized carbons (Fsp3) is 0.400. The number of pyridine rings is 1. The molecule has 6 heteroatoms. The number of carbonyl (C=O) groups is 1. The Morgan fingerprint density at radius 2 is 2.25 bits per heavy atom. The number of hydrogen-bond donors (Lipinski definition) is 0. The van der Waals surface area contributed by atoms with Gasteiger partial charge in [0.2, 0.25) is 0 Å². The highest BCUT2D eigenvalue weighted by atomic mass is 79.9. The van der Waals surface area contributed by atoms with Gasteiger partial charge in [-0.2, -0.15) is 0 Å². The van der Waals surface area contributed by atoms with Gasteiger partial charge in [0.1, 0.15) is 4.60 Å². The average molecular weight is 294 g/mol. The van der Waals surface area contributed by atoms with E-state index >= 15 is 0 Å². The molecule has 0 spiro atoms. The van der Waals surface area contributed by atoms with Gasteiger partial charge in [0, 0.05) is 5.56 Å². The smallest absolute Gasteiger partial charge is 0.357 e. The van der Waals surface area contributed by atoms with E-state index in [1.165, 1.54) is 13.0 Å². The molecule has 1 heterocycles. The zero-order chi connectivity index (χ0) is 12.3. The molecule has 88 valence electrons. The number of nitrogens with zero attached hydrogens (tertiary/aromatic N) is 1. The van der Waals surface area contributed by atoms with Gasteiger partial charge in [-0.3, -0.25) is 0 Å². The highest BCUT2D eigenvalue weighted by Gasteiger charge is 2.20. The lowest BCUT2D eigenvalue weighted by atomic mass is 10.1. The Labute approximate surface area is 99.9 Å². The van der Waals surface area contributed by atoms with E-state index in [-0.39, 0.29) is 28.0 Å². The molecule has 0 aliphatic heterocycles. The Kier molecular flexibility index (Phi) is 4.35. The van der Waals surface area contributed by atoms with Crippen LogP contribution in [-0.2, 0) is 4.74 Å². The van der Waals surface area contributed by atoms with Gasteiger partial charge in [0.15, 0.2) is 5.69 Å². The lowest BCUT2D eigenvalue weighted by Crippen LogP contribution is -2.11. The van der Waals surface area contributed by atoms with Crippen LogP contribution in [0.2, 0.25) is 0 Å². The maximum absolute atomic E-state index is 12.6. The van der Waals surface area contributed by atoms with Crippen molar-refractivity contribution < 1.29 is 18.3 Å². The average Bonchev–Trinajstić information content (AvgIpc) is 2.20. The van der Waals surface area contributed by atoms with Gasteiger partial charge in [0.25, 0.3) is 6.43 Å². The Hall–Kier alpha value is -1.04. The summed E-state index contributed by atoms with van der Waals surface area (Å²) in [5, 5.41) is 0. The van der Waals surface area contributed by atoms with Crippen molar-refractivity contribution in [2.45, 2.75) is 20.3 Å². The number of rotatable bonds is 3. The number of esters is 1. The van der Waals surface area contributed by atoms with Crippen LogP contribution in [0.25, 0.3) is 0 Å². The van der Waals surface area contributed by atoms with Crippen molar-refractivity contribution in [2.24, 2.45) is 0 Å². The van der Waals surface area contributed by atoms with E-state index in [1.807, 2.05) is 0 Å². The van der Waals surface area contributed by atoms with Crippen molar-refractivity contribution in [1.29, 1.82) is 0 Å². The molecule has 1 aromatic rings. The maximum atomic E-state index is 12.6. The first kappa shape index (κ1) is 13.0. The lowest BCUT2D eigenvalue weighted by molar-refractivity contribution is 0.0517. The highest BCUT2D eigenvalue weighted by molar-refractivity contribution is 9.10. The third kappa shape index (κ3) is 2.75. The molecule has 0 aliphatic rings. The van der Waals surface area contributed by atoms with Gasteiger partial charge in [-0.05, 0) is 41.4 Å². The van der Waals surface area contributed by atoms with Crippen LogP contribution in [0.3, 0.4) is 0 Å². The first-order valence-corrected chi connectivity index (χ1v) is 5.39. The topological polar surface area (TPSA) is 39.2 Å². The van der Waals surface area contributed by atoms with Crippen LogP contribution in [-0.4, -0.2) is 17.6 Å². The second-order valence-corrected chi connectivity index (χ2v) is 3.84. The van der Waals surface area contributed by atoms with Gasteiger partial charge in [-0.25, -0.2) is 18.6 Å². The molecular weight excluding hydrogens is 284 g/mol. The molecule has 0 unspecified atom stereocenters. The summed E-state index contributed by atoms with van der Waals surface area (Å²) in [5.41, 5.74) is -0.145. The van der Waals surface area contributed by atoms with E-state index in [1.54, 1.807) is 6.92 Å². The minimum atomic E-state index is -2.65. The number of halogens is 3. The third-order valence-corrected chi connectivity index (χ3v) is 2.39. The van der Waals surface area contributed by atoms with Crippen LogP contribution in [0.5, 0.6) is 0 Å². The zero-order valence-corrected chi connectivity index (χ0v) is 10.3. The van der Waals surface area contributed by atoms with Crippen LogP contribution in [0.4, 0.5) is 8.78 Å². The summed E-state index contributed by atoms with van der Waals surface area (Å²) in [7, 11) is 0. The number of alkyl halides is 2. The largest absolute Gasteiger partial charge is 0.461 e. The van der Waals surface area contributed by atoms with Crippen molar-refractivity contribution >= 4 is 21.9 Å². The quantitative estimate of drug-likeness (QED) is 0.634. The van der Waals surface area contributed by atoms with Crippen LogP contribution in [0.1, 0.15) is 35.0 Å². The molecule has 0 saturated heterocycles. The Balaban J connectivity index is 3.24. The van der Waals surface area contributed by atoms with Gasteiger partial charge in [-0.1, -0.05) is 0 Å². The summed E-state index contributed by atoms with van der Waals surface area (Å²) < 4.78 is 30.2. The zero-order valence-electron chi connectivity index (χ0n) is 8.76. The number of aromatic nitrogens is 1. The molecule has 0 amide bonds. The highest BCUT2D eigenvalue weighted by Crippen LogP contribution is 2.27. The van der Waals surface area contributed by atoms with Crippen molar-refractivity contribution in [1.82, 2.24) is 4.98 Å². The van der Waals surface area contributed by atoms with E-state index in [9.17, 15) is 13.6 Å². The number of hydrogen-bond acceptors (Lipinski definition) is 3. The van der Waals surface area contributed by atoms with Crippen molar-refractivity contribution in [3.63, 3.8) is 0 Å². The van der Waals surface area contributed by atoms with E-state index in [4.69, 9.17) is 4.74 Å².